The fraction of sp³-hybridized carbons (Fsp3) is 0.188. The van der Waals surface area contributed by atoms with Gasteiger partial charge < -0.3 is 13.9 Å². The van der Waals surface area contributed by atoms with Crippen molar-refractivity contribution in [1.29, 1.82) is 0 Å². The van der Waals surface area contributed by atoms with E-state index in [9.17, 15) is 4.79 Å². The van der Waals surface area contributed by atoms with Gasteiger partial charge in [-0.05, 0) is 49.8 Å². The van der Waals surface area contributed by atoms with Crippen molar-refractivity contribution in [2.45, 2.75) is 13.8 Å². The van der Waals surface area contributed by atoms with Gasteiger partial charge in [0.05, 0.1) is 5.56 Å². The summed E-state index contributed by atoms with van der Waals surface area (Å²) in [5.74, 6) is 2.65. The van der Waals surface area contributed by atoms with E-state index < -0.39 is 0 Å². The molecule has 0 saturated heterocycles. The molecule has 1 aromatic carbocycles. The monoisotopic (exact) mass is 348 g/mol. The summed E-state index contributed by atoms with van der Waals surface area (Å²) >= 11 is 3.46. The Bertz CT molecular complexity index is 743. The first-order valence-corrected chi connectivity index (χ1v) is 7.22. The number of ketones is 1. The molecule has 0 saturated carbocycles. The largest absolute Gasteiger partial charge is 0.466 e. The molecule has 0 bridgehead atoms. The van der Waals surface area contributed by atoms with Crippen LogP contribution in [-0.2, 0) is 0 Å². The number of halogens is 1. The van der Waals surface area contributed by atoms with Crippen molar-refractivity contribution in [3.05, 3.63) is 51.4 Å². The van der Waals surface area contributed by atoms with Crippen LogP contribution in [0.1, 0.15) is 27.4 Å². The molecular weight excluding hydrogens is 336 g/mol. The number of rotatable bonds is 3. The van der Waals surface area contributed by atoms with Gasteiger partial charge in [0.15, 0.2) is 17.3 Å². The van der Waals surface area contributed by atoms with Crippen LogP contribution >= 0.6 is 15.9 Å². The normalized spacial score (nSPS) is 13.1. The highest BCUT2D eigenvalue weighted by Gasteiger charge is 2.16. The van der Waals surface area contributed by atoms with E-state index in [1.54, 1.807) is 19.1 Å². The zero-order valence-electron chi connectivity index (χ0n) is 11.6. The van der Waals surface area contributed by atoms with Gasteiger partial charge in [0.2, 0.25) is 6.79 Å². The second kappa shape index (κ2) is 5.41. The number of hydrogen-bond donors (Lipinski definition) is 0. The third kappa shape index (κ3) is 2.74. The molecule has 5 heteroatoms. The van der Waals surface area contributed by atoms with Crippen LogP contribution in [0.25, 0.3) is 6.08 Å². The summed E-state index contributed by atoms with van der Waals surface area (Å²) in [6, 6.07) is 5.42. The van der Waals surface area contributed by atoms with E-state index >= 15 is 0 Å². The molecule has 3 rings (SSSR count). The van der Waals surface area contributed by atoms with Crippen LogP contribution in [0.15, 0.2) is 33.2 Å². The molecule has 108 valence electrons. The number of benzene rings is 1. The number of fused-ring (bicyclic) bond motifs is 1. The molecule has 0 N–H and O–H groups in total. The highest BCUT2D eigenvalue weighted by Crippen LogP contribution is 2.37. The van der Waals surface area contributed by atoms with Crippen molar-refractivity contribution >= 4 is 27.8 Å². The SMILES string of the molecule is Cc1cc(C(=O)/C=C/c2cc3c(cc2Br)OCO3)c(C)o1. The van der Waals surface area contributed by atoms with E-state index in [1.165, 1.54) is 6.08 Å². The van der Waals surface area contributed by atoms with Crippen LogP contribution in [0, 0.1) is 13.8 Å². The maximum atomic E-state index is 12.2. The van der Waals surface area contributed by atoms with Crippen LogP contribution in [0.5, 0.6) is 11.5 Å². The Kier molecular flexibility index (Phi) is 3.59. The van der Waals surface area contributed by atoms with Crippen molar-refractivity contribution in [3.63, 3.8) is 0 Å². The summed E-state index contributed by atoms with van der Waals surface area (Å²) in [6.07, 6.45) is 3.27. The van der Waals surface area contributed by atoms with Crippen molar-refractivity contribution < 1.29 is 18.7 Å². The van der Waals surface area contributed by atoms with Gasteiger partial charge >= 0.3 is 0 Å². The Morgan fingerprint density at radius 1 is 1.19 bits per heavy atom. The van der Waals surface area contributed by atoms with Crippen LogP contribution < -0.4 is 9.47 Å². The Morgan fingerprint density at radius 2 is 1.90 bits per heavy atom. The van der Waals surface area contributed by atoms with Crippen molar-refractivity contribution in [1.82, 2.24) is 0 Å². The maximum absolute atomic E-state index is 12.2. The smallest absolute Gasteiger partial charge is 0.231 e. The Balaban J connectivity index is 1.86. The molecule has 0 unspecified atom stereocenters. The Labute approximate surface area is 130 Å². The predicted octanol–water partition coefficient (Wildman–Crippen LogP) is 4.28. The number of furan rings is 1. The topological polar surface area (TPSA) is 48.7 Å². The molecule has 0 spiro atoms. The van der Waals surface area contributed by atoms with E-state index in [1.807, 2.05) is 19.1 Å². The van der Waals surface area contributed by atoms with E-state index in [0.29, 0.717) is 22.8 Å². The van der Waals surface area contributed by atoms with Crippen LogP contribution in [0.4, 0.5) is 0 Å². The van der Waals surface area contributed by atoms with Gasteiger partial charge in [-0.15, -0.1) is 0 Å². The lowest BCUT2D eigenvalue weighted by Gasteiger charge is -2.01. The van der Waals surface area contributed by atoms with Gasteiger partial charge in [0.1, 0.15) is 11.5 Å². The minimum atomic E-state index is -0.0890. The number of ether oxygens (including phenoxy) is 2. The molecule has 0 amide bonds. The van der Waals surface area contributed by atoms with Crippen LogP contribution in [-0.4, -0.2) is 12.6 Å². The molecule has 2 aromatic rings. The van der Waals surface area contributed by atoms with E-state index in [-0.39, 0.29) is 12.6 Å². The first-order chi connectivity index (χ1) is 10.0. The standard InChI is InChI=1S/C16H13BrO4/c1-9-5-12(10(2)21-9)14(18)4-3-11-6-15-16(7-13(11)17)20-8-19-15/h3-7H,8H2,1-2H3/b4-3+. The molecule has 1 aromatic heterocycles. The number of allylic oxidation sites excluding steroid dienone is 1. The zero-order chi connectivity index (χ0) is 15.0. The average molecular weight is 349 g/mol. The van der Waals surface area contributed by atoms with E-state index in [4.69, 9.17) is 13.9 Å². The second-order valence-electron chi connectivity index (χ2n) is 4.75. The van der Waals surface area contributed by atoms with Gasteiger partial charge in [-0.1, -0.05) is 15.9 Å². The van der Waals surface area contributed by atoms with Gasteiger partial charge in [-0.25, -0.2) is 0 Å². The maximum Gasteiger partial charge on any atom is 0.231 e. The summed E-state index contributed by atoms with van der Waals surface area (Å²) in [5, 5.41) is 0. The fourth-order valence-corrected chi connectivity index (χ4v) is 2.65. The quantitative estimate of drug-likeness (QED) is 0.613. The summed E-state index contributed by atoms with van der Waals surface area (Å²) < 4.78 is 16.8. The second-order valence-corrected chi connectivity index (χ2v) is 5.61. The molecule has 4 nitrogen and oxygen atoms in total. The minimum Gasteiger partial charge on any atom is -0.466 e. The number of aryl methyl sites for hydroxylation is 2. The lowest BCUT2D eigenvalue weighted by molar-refractivity contribution is 0.104. The molecular formula is C16H13BrO4. The first-order valence-electron chi connectivity index (χ1n) is 6.43. The highest BCUT2D eigenvalue weighted by molar-refractivity contribution is 9.10. The third-order valence-electron chi connectivity index (χ3n) is 3.21. The van der Waals surface area contributed by atoms with E-state index in [2.05, 4.69) is 15.9 Å². The molecule has 0 radical (unpaired) electrons. The molecule has 0 atom stereocenters. The average Bonchev–Trinajstić information content (AvgIpc) is 3.01. The molecule has 0 fully saturated rings. The number of hydrogen-bond acceptors (Lipinski definition) is 4. The molecule has 21 heavy (non-hydrogen) atoms. The number of carbonyl (C=O) groups excluding carboxylic acids is 1. The third-order valence-corrected chi connectivity index (χ3v) is 3.90. The summed E-state index contributed by atoms with van der Waals surface area (Å²) in [6.45, 7) is 3.83. The first kappa shape index (κ1) is 13.9. The van der Waals surface area contributed by atoms with Gasteiger partial charge in [-0.2, -0.15) is 0 Å². The zero-order valence-corrected chi connectivity index (χ0v) is 13.2. The summed E-state index contributed by atoms with van der Waals surface area (Å²) in [5.41, 5.74) is 1.44. The van der Waals surface area contributed by atoms with Gasteiger partial charge in [-0.3, -0.25) is 4.79 Å². The summed E-state index contributed by atoms with van der Waals surface area (Å²) in [7, 11) is 0. The van der Waals surface area contributed by atoms with E-state index in [0.717, 1.165) is 15.8 Å². The minimum absolute atomic E-state index is 0.0890. The van der Waals surface area contributed by atoms with Crippen LogP contribution in [0.3, 0.4) is 0 Å². The molecule has 0 aliphatic carbocycles. The van der Waals surface area contributed by atoms with Crippen molar-refractivity contribution in [3.8, 4) is 11.5 Å². The molecule has 2 heterocycles. The fourth-order valence-electron chi connectivity index (χ4n) is 2.19. The molecule has 1 aliphatic rings. The lowest BCUT2D eigenvalue weighted by atomic mass is 10.1. The van der Waals surface area contributed by atoms with Crippen molar-refractivity contribution in [2.75, 3.05) is 6.79 Å². The Morgan fingerprint density at radius 3 is 2.57 bits per heavy atom. The lowest BCUT2D eigenvalue weighted by Crippen LogP contribution is -1.94. The predicted molar refractivity (Wildman–Crippen MR) is 81.8 cm³/mol. The van der Waals surface area contributed by atoms with Gasteiger partial charge in [0, 0.05) is 4.47 Å². The number of carbonyl (C=O) groups is 1. The highest BCUT2D eigenvalue weighted by atomic mass is 79.9. The van der Waals surface area contributed by atoms with Gasteiger partial charge in [0.25, 0.3) is 0 Å². The molecule has 1 aliphatic heterocycles. The summed E-state index contributed by atoms with van der Waals surface area (Å²) in [4.78, 5) is 12.2. The van der Waals surface area contributed by atoms with Crippen LogP contribution in [0.2, 0.25) is 0 Å². The van der Waals surface area contributed by atoms with Crippen molar-refractivity contribution in [2.24, 2.45) is 0 Å². The Hall–Kier alpha value is -2.01.